The molecule has 2 N–H and O–H groups in total. The number of hydrogen-bond acceptors (Lipinski definition) is 5. The van der Waals surface area contributed by atoms with Crippen LogP contribution in [0.3, 0.4) is 0 Å². The molecule has 0 heterocycles. The van der Waals surface area contributed by atoms with E-state index < -0.39 is 31.1 Å². The van der Waals surface area contributed by atoms with Crippen LogP contribution in [-0.2, 0) is 43.3 Å². The van der Waals surface area contributed by atoms with Crippen molar-refractivity contribution in [3.8, 4) is 0 Å². The number of hydrogen-bond donors (Lipinski definition) is 2. The summed E-state index contributed by atoms with van der Waals surface area (Å²) in [5.41, 5.74) is 1.30. The zero-order chi connectivity index (χ0) is 25.8. The summed E-state index contributed by atoms with van der Waals surface area (Å²) >= 11 is 0. The summed E-state index contributed by atoms with van der Waals surface area (Å²) in [6, 6.07) is 27.3. The van der Waals surface area contributed by atoms with E-state index in [2.05, 4.69) is 0 Å². The molecule has 0 radical (unpaired) electrons. The maximum atomic E-state index is 13.0. The maximum absolute atomic E-state index is 13.0. The zero-order valence-corrected chi connectivity index (χ0v) is 20.8. The van der Waals surface area contributed by atoms with Gasteiger partial charge in [-0.25, -0.2) is 0 Å². The lowest BCUT2D eigenvalue weighted by atomic mass is 9.94. The van der Waals surface area contributed by atoms with Crippen LogP contribution in [0, 0.1) is 5.92 Å². The largest absolute Gasteiger partial charge is 0.461 e. The Labute approximate surface area is 211 Å². The lowest BCUT2D eigenvalue weighted by Gasteiger charge is -2.23. The average molecular weight is 511 g/mol. The number of esters is 2. The van der Waals surface area contributed by atoms with Gasteiger partial charge in [-0.15, -0.1) is 0 Å². The predicted molar refractivity (Wildman–Crippen MR) is 136 cm³/mol. The molecule has 0 bridgehead atoms. The Morgan fingerprint density at radius 1 is 0.722 bits per heavy atom. The van der Waals surface area contributed by atoms with E-state index in [1.165, 1.54) is 0 Å². The third kappa shape index (κ3) is 9.42. The van der Waals surface area contributed by atoms with Gasteiger partial charge in [0.05, 0.1) is 11.6 Å². The number of rotatable bonds is 13. The minimum absolute atomic E-state index is 0.0356. The number of carbonyl (C=O) groups is 2. The van der Waals surface area contributed by atoms with Crippen molar-refractivity contribution < 1.29 is 33.4 Å². The van der Waals surface area contributed by atoms with E-state index in [4.69, 9.17) is 9.47 Å². The molecule has 36 heavy (non-hydrogen) atoms. The van der Waals surface area contributed by atoms with E-state index in [1.807, 2.05) is 66.7 Å². The topological polar surface area (TPSA) is 110 Å². The number of ether oxygens (including phenoxy) is 2. The zero-order valence-electron chi connectivity index (χ0n) is 19.9. The third-order valence-electron chi connectivity index (χ3n) is 5.84. The Balaban J connectivity index is 1.67. The second-order valence-electron chi connectivity index (χ2n) is 8.64. The fourth-order valence-corrected chi connectivity index (χ4v) is 4.81. The molecule has 0 aliphatic heterocycles. The molecule has 8 heteroatoms. The number of carbonyl (C=O) groups excluding carboxylic acids is 2. The molecule has 3 rings (SSSR count). The van der Waals surface area contributed by atoms with Gasteiger partial charge in [0.2, 0.25) is 0 Å². The van der Waals surface area contributed by atoms with Crippen LogP contribution in [0.4, 0.5) is 0 Å². The highest BCUT2D eigenvalue weighted by Crippen LogP contribution is 2.46. The van der Waals surface area contributed by atoms with E-state index in [0.717, 1.165) is 16.7 Å². The summed E-state index contributed by atoms with van der Waals surface area (Å²) in [5, 5.41) is 0. The fourth-order valence-electron chi connectivity index (χ4n) is 3.83. The predicted octanol–water partition coefficient (Wildman–Crippen LogP) is 5.05. The molecule has 3 aromatic rings. The Hall–Kier alpha value is -3.25. The first-order valence-corrected chi connectivity index (χ1v) is 13.5. The van der Waals surface area contributed by atoms with Crippen LogP contribution in [0.1, 0.15) is 36.0 Å². The van der Waals surface area contributed by atoms with Gasteiger partial charge < -0.3 is 19.3 Å². The van der Waals surface area contributed by atoms with Crippen LogP contribution in [0.25, 0.3) is 0 Å². The average Bonchev–Trinajstić information content (AvgIpc) is 2.89. The van der Waals surface area contributed by atoms with E-state index in [9.17, 15) is 23.9 Å². The van der Waals surface area contributed by atoms with Gasteiger partial charge in [-0.2, -0.15) is 0 Å². The monoisotopic (exact) mass is 510 g/mol. The normalized spacial score (nSPS) is 12.9. The van der Waals surface area contributed by atoms with Crippen LogP contribution >= 0.6 is 7.60 Å². The molecule has 0 aliphatic rings. The third-order valence-corrected chi connectivity index (χ3v) is 7.19. The Bertz CT molecular complexity index is 1130. The second kappa shape index (κ2) is 13.7. The van der Waals surface area contributed by atoms with Gasteiger partial charge in [0.15, 0.2) is 0 Å². The molecule has 7 nitrogen and oxygen atoms in total. The van der Waals surface area contributed by atoms with Gasteiger partial charge in [0, 0.05) is 6.42 Å². The molecule has 0 spiro atoms. The molecule has 190 valence electrons. The van der Waals surface area contributed by atoms with Gasteiger partial charge in [0.25, 0.3) is 0 Å². The molecule has 2 atom stereocenters. The van der Waals surface area contributed by atoms with Crippen molar-refractivity contribution in [1.82, 2.24) is 0 Å². The van der Waals surface area contributed by atoms with Crippen molar-refractivity contribution >= 4 is 19.5 Å². The highest BCUT2D eigenvalue weighted by Gasteiger charge is 2.35. The van der Waals surface area contributed by atoms with Crippen molar-refractivity contribution in [3.63, 3.8) is 0 Å². The minimum atomic E-state index is -4.54. The van der Waals surface area contributed by atoms with Crippen molar-refractivity contribution in [1.29, 1.82) is 0 Å². The molecule has 0 fully saturated rings. The molecule has 2 unspecified atom stereocenters. The van der Waals surface area contributed by atoms with Crippen LogP contribution in [0.15, 0.2) is 91.0 Å². The van der Waals surface area contributed by atoms with Gasteiger partial charge in [0.1, 0.15) is 13.2 Å². The standard InChI is InChI=1S/C28H31O7P/c29-27(34-20-23-12-6-2-7-13-23)17-16-25(28(30)35-21-24-14-8-3-9-15-24)19-26(36(31,32)33)18-22-10-4-1-5-11-22/h1-15,25-26H,16-21H2,(H2,31,32,33). The first-order valence-electron chi connectivity index (χ1n) is 11.8. The van der Waals surface area contributed by atoms with Crippen LogP contribution in [0.5, 0.6) is 0 Å². The smallest absolute Gasteiger partial charge is 0.328 e. The van der Waals surface area contributed by atoms with E-state index in [1.54, 1.807) is 24.3 Å². The highest BCUT2D eigenvalue weighted by molar-refractivity contribution is 7.52. The summed E-state index contributed by atoms with van der Waals surface area (Å²) < 4.78 is 23.1. The second-order valence-corrected chi connectivity index (χ2v) is 10.6. The van der Waals surface area contributed by atoms with Gasteiger partial charge in [-0.3, -0.25) is 14.2 Å². The molecule has 0 amide bonds. The SMILES string of the molecule is O=C(CCC(CC(Cc1ccccc1)P(=O)(O)O)C(=O)OCc1ccccc1)OCc1ccccc1. The summed E-state index contributed by atoms with van der Waals surface area (Å²) in [5.74, 6) is -1.96. The summed E-state index contributed by atoms with van der Waals surface area (Å²) in [6.45, 7) is 0.149. The first kappa shape index (κ1) is 27.3. The molecular formula is C28H31O7P. The van der Waals surface area contributed by atoms with E-state index >= 15 is 0 Å². The van der Waals surface area contributed by atoms with Crippen molar-refractivity contribution in [2.24, 2.45) is 5.92 Å². The van der Waals surface area contributed by atoms with Gasteiger partial charge >= 0.3 is 19.5 Å². The molecule has 0 saturated carbocycles. The summed E-state index contributed by atoms with van der Waals surface area (Å²) in [4.78, 5) is 45.4. The molecule has 0 aromatic heterocycles. The van der Waals surface area contributed by atoms with Crippen LogP contribution in [-0.4, -0.2) is 27.4 Å². The first-order chi connectivity index (χ1) is 17.3. The van der Waals surface area contributed by atoms with E-state index in [0.29, 0.717) is 0 Å². The van der Waals surface area contributed by atoms with Gasteiger partial charge in [-0.05, 0) is 36.0 Å². The van der Waals surface area contributed by atoms with Crippen LogP contribution < -0.4 is 0 Å². The minimum Gasteiger partial charge on any atom is -0.461 e. The Morgan fingerprint density at radius 3 is 1.69 bits per heavy atom. The highest BCUT2D eigenvalue weighted by atomic mass is 31.2. The fraction of sp³-hybridized carbons (Fsp3) is 0.286. The molecule has 0 aliphatic carbocycles. The maximum Gasteiger partial charge on any atom is 0.328 e. The lowest BCUT2D eigenvalue weighted by molar-refractivity contribution is -0.151. The molecule has 3 aromatic carbocycles. The lowest BCUT2D eigenvalue weighted by Crippen LogP contribution is -2.25. The van der Waals surface area contributed by atoms with Gasteiger partial charge in [-0.1, -0.05) is 91.0 Å². The Morgan fingerprint density at radius 2 is 1.19 bits per heavy atom. The van der Waals surface area contributed by atoms with Crippen molar-refractivity contribution in [3.05, 3.63) is 108 Å². The number of benzene rings is 3. The molecular weight excluding hydrogens is 479 g/mol. The van der Waals surface area contributed by atoms with Crippen LogP contribution in [0.2, 0.25) is 0 Å². The van der Waals surface area contributed by atoms with E-state index in [-0.39, 0.29) is 38.9 Å². The summed E-state index contributed by atoms with van der Waals surface area (Å²) in [7, 11) is -4.54. The van der Waals surface area contributed by atoms with Crippen molar-refractivity contribution in [2.45, 2.75) is 44.6 Å². The quantitative estimate of drug-likeness (QED) is 0.245. The Kier molecular flexibility index (Phi) is 10.4. The van der Waals surface area contributed by atoms with Crippen molar-refractivity contribution in [2.75, 3.05) is 0 Å². The molecule has 0 saturated heterocycles. The summed E-state index contributed by atoms with van der Waals surface area (Å²) in [6.07, 6.45) is -0.0194.